The lowest BCUT2D eigenvalue weighted by atomic mass is 10.1. The third-order valence-corrected chi connectivity index (χ3v) is 3.91. The zero-order valence-electron chi connectivity index (χ0n) is 9.70. The first kappa shape index (κ1) is 14.2. The quantitative estimate of drug-likeness (QED) is 0.591. The molecule has 5 heteroatoms. The number of halogens is 3. The molecule has 0 saturated heterocycles. The third kappa shape index (κ3) is 3.64. The summed E-state index contributed by atoms with van der Waals surface area (Å²) in [6.45, 7) is 0. The summed E-state index contributed by atoms with van der Waals surface area (Å²) >= 11 is 4.61. The molecule has 19 heavy (non-hydrogen) atoms. The molecule has 0 aliphatic heterocycles. The van der Waals surface area contributed by atoms with Crippen molar-refractivity contribution in [2.24, 2.45) is 0 Å². The van der Waals surface area contributed by atoms with Gasteiger partial charge in [0.15, 0.2) is 17.4 Å². The standard InChI is InChI=1S/C14H9BrF2OS/c15-9-3-1-4-10(7-9)19-8-13(18)11-5-2-6-12(16)14(11)17/h1-7H,8H2. The van der Waals surface area contributed by atoms with E-state index in [1.165, 1.54) is 23.9 Å². The number of ketones is 1. The Balaban J connectivity index is 2.08. The Morgan fingerprint density at radius 1 is 1.16 bits per heavy atom. The van der Waals surface area contributed by atoms with Crippen LogP contribution in [0.15, 0.2) is 51.8 Å². The normalized spacial score (nSPS) is 10.5. The highest BCUT2D eigenvalue weighted by molar-refractivity contribution is 9.10. The number of Topliss-reactive ketones (excluding diaryl/α,β-unsaturated/α-hetero) is 1. The fraction of sp³-hybridized carbons (Fsp3) is 0.0714. The van der Waals surface area contributed by atoms with Crippen LogP contribution >= 0.6 is 27.7 Å². The maximum Gasteiger partial charge on any atom is 0.176 e. The number of benzene rings is 2. The van der Waals surface area contributed by atoms with Gasteiger partial charge in [0.1, 0.15) is 0 Å². The van der Waals surface area contributed by atoms with Gasteiger partial charge >= 0.3 is 0 Å². The van der Waals surface area contributed by atoms with Crippen molar-refractivity contribution < 1.29 is 13.6 Å². The highest BCUT2D eigenvalue weighted by atomic mass is 79.9. The van der Waals surface area contributed by atoms with Gasteiger partial charge in [0.05, 0.1) is 11.3 Å². The molecular formula is C14H9BrF2OS. The Kier molecular flexibility index (Phi) is 4.71. The first-order valence-corrected chi connectivity index (χ1v) is 7.21. The first-order valence-electron chi connectivity index (χ1n) is 5.43. The van der Waals surface area contributed by atoms with E-state index in [9.17, 15) is 13.6 Å². The minimum atomic E-state index is -1.08. The smallest absolute Gasteiger partial charge is 0.176 e. The second kappa shape index (κ2) is 6.30. The van der Waals surface area contributed by atoms with Gasteiger partial charge in [0.25, 0.3) is 0 Å². The molecule has 0 heterocycles. The van der Waals surface area contributed by atoms with Crippen LogP contribution in [-0.4, -0.2) is 11.5 Å². The molecule has 2 aromatic carbocycles. The second-order valence-electron chi connectivity index (χ2n) is 3.77. The Morgan fingerprint density at radius 2 is 1.89 bits per heavy atom. The van der Waals surface area contributed by atoms with E-state index in [1.54, 1.807) is 0 Å². The van der Waals surface area contributed by atoms with E-state index in [1.807, 2.05) is 24.3 Å². The number of carbonyl (C=O) groups excluding carboxylic acids is 1. The van der Waals surface area contributed by atoms with E-state index < -0.39 is 17.4 Å². The summed E-state index contributed by atoms with van der Waals surface area (Å²) in [6, 6.07) is 11.0. The summed E-state index contributed by atoms with van der Waals surface area (Å²) in [5.41, 5.74) is -0.206. The van der Waals surface area contributed by atoms with E-state index in [-0.39, 0.29) is 11.3 Å². The lowest BCUT2D eigenvalue weighted by Gasteiger charge is -2.04. The van der Waals surface area contributed by atoms with Gasteiger partial charge in [-0.1, -0.05) is 28.1 Å². The number of hydrogen-bond donors (Lipinski definition) is 0. The Morgan fingerprint density at radius 3 is 2.63 bits per heavy atom. The zero-order chi connectivity index (χ0) is 13.8. The van der Waals surface area contributed by atoms with Gasteiger partial charge in [-0.25, -0.2) is 8.78 Å². The first-order chi connectivity index (χ1) is 9.08. The lowest BCUT2D eigenvalue weighted by molar-refractivity contribution is 0.101. The summed E-state index contributed by atoms with van der Waals surface area (Å²) < 4.78 is 27.3. The highest BCUT2D eigenvalue weighted by Gasteiger charge is 2.15. The molecule has 0 radical (unpaired) electrons. The molecule has 0 bridgehead atoms. The van der Waals surface area contributed by atoms with Crippen LogP contribution in [0.5, 0.6) is 0 Å². The average molecular weight is 343 g/mol. The number of rotatable bonds is 4. The molecule has 0 spiro atoms. The molecule has 2 rings (SSSR count). The van der Waals surface area contributed by atoms with E-state index in [0.717, 1.165) is 15.4 Å². The third-order valence-electron chi connectivity index (χ3n) is 2.42. The molecule has 0 aliphatic carbocycles. The van der Waals surface area contributed by atoms with E-state index in [2.05, 4.69) is 15.9 Å². The van der Waals surface area contributed by atoms with Crippen molar-refractivity contribution in [1.29, 1.82) is 0 Å². The van der Waals surface area contributed by atoms with Gasteiger partial charge in [-0.2, -0.15) is 0 Å². The predicted molar refractivity (Wildman–Crippen MR) is 75.6 cm³/mol. The van der Waals surface area contributed by atoms with Crippen molar-refractivity contribution in [2.75, 3.05) is 5.75 Å². The van der Waals surface area contributed by atoms with Gasteiger partial charge in [0.2, 0.25) is 0 Å². The average Bonchev–Trinajstić information content (AvgIpc) is 2.39. The Hall–Kier alpha value is -1.20. The summed E-state index contributed by atoms with van der Waals surface area (Å²) in [7, 11) is 0. The van der Waals surface area contributed by atoms with Crippen LogP contribution in [0.25, 0.3) is 0 Å². The highest BCUT2D eigenvalue weighted by Crippen LogP contribution is 2.23. The summed E-state index contributed by atoms with van der Waals surface area (Å²) in [6.07, 6.45) is 0. The molecule has 0 aliphatic rings. The predicted octanol–water partition coefficient (Wildman–Crippen LogP) is 4.70. The minimum absolute atomic E-state index is 0.0663. The van der Waals surface area contributed by atoms with Gasteiger partial charge in [-0.3, -0.25) is 4.79 Å². The van der Waals surface area contributed by atoms with Crippen molar-refractivity contribution in [3.05, 3.63) is 64.1 Å². The van der Waals surface area contributed by atoms with Crippen LogP contribution in [-0.2, 0) is 0 Å². The summed E-state index contributed by atoms with van der Waals surface area (Å²) in [5.74, 6) is -2.45. The minimum Gasteiger partial charge on any atom is -0.293 e. The van der Waals surface area contributed by atoms with Crippen molar-refractivity contribution in [3.8, 4) is 0 Å². The molecule has 1 nitrogen and oxygen atoms in total. The molecule has 0 fully saturated rings. The van der Waals surface area contributed by atoms with Gasteiger partial charge in [-0.15, -0.1) is 11.8 Å². The maximum atomic E-state index is 13.4. The number of carbonyl (C=O) groups is 1. The number of thioether (sulfide) groups is 1. The zero-order valence-corrected chi connectivity index (χ0v) is 12.1. The molecule has 0 unspecified atom stereocenters. The molecule has 0 aromatic heterocycles. The van der Waals surface area contributed by atoms with Crippen molar-refractivity contribution in [3.63, 3.8) is 0 Å². The molecule has 0 saturated carbocycles. The van der Waals surface area contributed by atoms with E-state index in [0.29, 0.717) is 0 Å². The molecule has 98 valence electrons. The lowest BCUT2D eigenvalue weighted by Crippen LogP contribution is -2.06. The van der Waals surface area contributed by atoms with Crippen LogP contribution in [0.2, 0.25) is 0 Å². The van der Waals surface area contributed by atoms with Crippen LogP contribution in [0, 0.1) is 11.6 Å². The SMILES string of the molecule is O=C(CSc1cccc(Br)c1)c1cccc(F)c1F. The maximum absolute atomic E-state index is 13.4. The van der Waals surface area contributed by atoms with Crippen molar-refractivity contribution in [2.45, 2.75) is 4.90 Å². The second-order valence-corrected chi connectivity index (χ2v) is 5.74. The van der Waals surface area contributed by atoms with Crippen molar-refractivity contribution >= 4 is 33.5 Å². The van der Waals surface area contributed by atoms with Crippen molar-refractivity contribution in [1.82, 2.24) is 0 Å². The van der Waals surface area contributed by atoms with Crippen LogP contribution < -0.4 is 0 Å². The topological polar surface area (TPSA) is 17.1 Å². The largest absolute Gasteiger partial charge is 0.293 e. The molecule has 0 amide bonds. The Bertz CT molecular complexity index is 616. The molecule has 0 atom stereocenters. The fourth-order valence-corrected chi connectivity index (χ4v) is 2.89. The van der Waals surface area contributed by atoms with Crippen LogP contribution in [0.3, 0.4) is 0 Å². The van der Waals surface area contributed by atoms with Crippen LogP contribution in [0.4, 0.5) is 8.78 Å². The van der Waals surface area contributed by atoms with E-state index in [4.69, 9.17) is 0 Å². The molecule has 0 N–H and O–H groups in total. The van der Waals surface area contributed by atoms with Gasteiger partial charge in [0, 0.05) is 9.37 Å². The monoisotopic (exact) mass is 342 g/mol. The van der Waals surface area contributed by atoms with Gasteiger partial charge < -0.3 is 0 Å². The molecular weight excluding hydrogens is 334 g/mol. The molecule has 2 aromatic rings. The summed E-state index contributed by atoms with van der Waals surface area (Å²) in [5, 5.41) is 0. The van der Waals surface area contributed by atoms with E-state index >= 15 is 0 Å². The van der Waals surface area contributed by atoms with Gasteiger partial charge in [-0.05, 0) is 30.3 Å². The van der Waals surface area contributed by atoms with Crippen LogP contribution in [0.1, 0.15) is 10.4 Å². The summed E-state index contributed by atoms with van der Waals surface area (Å²) in [4.78, 5) is 12.7. The number of hydrogen-bond acceptors (Lipinski definition) is 2. The Labute approximate surface area is 122 Å². The fourth-order valence-electron chi connectivity index (χ4n) is 1.50.